The molecular weight excluding hydrogens is 386 g/mol. The number of hydrogen-bond donors (Lipinski definition) is 1. The van der Waals surface area contributed by atoms with Crippen molar-refractivity contribution in [3.8, 4) is 0 Å². The Labute approximate surface area is 156 Å². The molecule has 144 valence electrons. The number of halogens is 1. The van der Waals surface area contributed by atoms with E-state index < -0.39 is 20.0 Å². The van der Waals surface area contributed by atoms with Crippen LogP contribution in [0.25, 0.3) is 0 Å². The van der Waals surface area contributed by atoms with Crippen molar-refractivity contribution in [1.29, 1.82) is 0 Å². The van der Waals surface area contributed by atoms with Gasteiger partial charge in [-0.1, -0.05) is 19.9 Å². The highest BCUT2D eigenvalue weighted by Crippen LogP contribution is 2.24. The highest BCUT2D eigenvalue weighted by molar-refractivity contribution is 7.90. The van der Waals surface area contributed by atoms with Crippen molar-refractivity contribution in [1.82, 2.24) is 8.61 Å². The second-order valence-electron chi connectivity index (χ2n) is 5.83. The molecule has 0 aliphatic carbocycles. The van der Waals surface area contributed by atoms with Gasteiger partial charge < -0.3 is 5.73 Å². The summed E-state index contributed by atoms with van der Waals surface area (Å²) in [5, 5.41) is 0. The van der Waals surface area contributed by atoms with Crippen molar-refractivity contribution in [2.24, 2.45) is 5.73 Å². The normalized spacial score (nSPS) is 19.6. The fourth-order valence-electron chi connectivity index (χ4n) is 2.85. The molecule has 0 unspecified atom stereocenters. The molecule has 7 nitrogen and oxygen atoms in total. The lowest BCUT2D eigenvalue weighted by Crippen LogP contribution is -2.45. The fraction of sp³-hybridized carbons (Fsp3) is 0.600. The molecule has 1 fully saturated rings. The molecule has 0 spiro atoms. The third kappa shape index (κ3) is 4.72. The maximum absolute atomic E-state index is 12.8. The van der Waals surface area contributed by atoms with Crippen LogP contribution in [0, 0.1) is 0 Å². The third-order valence-electron chi connectivity index (χ3n) is 4.21. The van der Waals surface area contributed by atoms with Crippen LogP contribution in [0.2, 0.25) is 0 Å². The molecule has 0 saturated carbocycles. The molecule has 1 aromatic carbocycles. The van der Waals surface area contributed by atoms with Gasteiger partial charge >= 0.3 is 0 Å². The molecular formula is C15H26ClN3O4S2. The largest absolute Gasteiger partial charge is 0.327 e. The van der Waals surface area contributed by atoms with E-state index in [-0.39, 0.29) is 34.8 Å². The zero-order chi connectivity index (χ0) is 18.0. The summed E-state index contributed by atoms with van der Waals surface area (Å²) in [4.78, 5) is -0.0154. The lowest BCUT2D eigenvalue weighted by molar-refractivity contribution is 0.316. The number of sulfonamides is 2. The number of nitrogens with zero attached hydrogens (tertiary/aromatic N) is 2. The molecule has 0 bridgehead atoms. The Balaban J connectivity index is 0.00000312. The molecule has 2 rings (SSSR count). The first-order chi connectivity index (χ1) is 11.2. The summed E-state index contributed by atoms with van der Waals surface area (Å²) < 4.78 is 53.4. The van der Waals surface area contributed by atoms with Crippen molar-refractivity contribution in [2.45, 2.75) is 42.5 Å². The van der Waals surface area contributed by atoms with Crippen LogP contribution in [0.4, 0.5) is 0 Å². The van der Waals surface area contributed by atoms with E-state index in [9.17, 15) is 16.8 Å². The predicted octanol–water partition coefficient (Wildman–Crippen LogP) is 1.25. The first-order valence-electron chi connectivity index (χ1n) is 8.09. The molecule has 1 aromatic rings. The van der Waals surface area contributed by atoms with Gasteiger partial charge in [0.2, 0.25) is 20.0 Å². The van der Waals surface area contributed by atoms with E-state index >= 15 is 0 Å². The number of benzene rings is 1. The molecule has 2 N–H and O–H groups in total. The van der Waals surface area contributed by atoms with Gasteiger partial charge in [0.25, 0.3) is 0 Å². The van der Waals surface area contributed by atoms with Gasteiger partial charge in [0.05, 0.1) is 9.79 Å². The average Bonchev–Trinajstić information content (AvgIpc) is 2.56. The van der Waals surface area contributed by atoms with Gasteiger partial charge in [0.15, 0.2) is 0 Å². The molecule has 1 aliphatic heterocycles. The number of piperidine rings is 1. The van der Waals surface area contributed by atoms with Crippen LogP contribution < -0.4 is 5.73 Å². The Morgan fingerprint density at radius 2 is 1.76 bits per heavy atom. The van der Waals surface area contributed by atoms with Gasteiger partial charge in [-0.3, -0.25) is 0 Å². The Morgan fingerprint density at radius 1 is 1.16 bits per heavy atom. The number of nitrogens with two attached hydrogens (primary N) is 1. The van der Waals surface area contributed by atoms with Crippen LogP contribution in [0.3, 0.4) is 0 Å². The smallest absolute Gasteiger partial charge is 0.243 e. The first kappa shape index (κ1) is 22.3. The van der Waals surface area contributed by atoms with Crippen LogP contribution in [0.15, 0.2) is 34.1 Å². The zero-order valence-corrected chi connectivity index (χ0v) is 16.9. The first-order valence-corrected chi connectivity index (χ1v) is 11.0. The monoisotopic (exact) mass is 411 g/mol. The minimum atomic E-state index is -3.75. The Morgan fingerprint density at radius 3 is 2.32 bits per heavy atom. The molecule has 25 heavy (non-hydrogen) atoms. The van der Waals surface area contributed by atoms with Gasteiger partial charge in [-0.2, -0.15) is 8.61 Å². The van der Waals surface area contributed by atoms with E-state index in [4.69, 9.17) is 5.73 Å². The van der Waals surface area contributed by atoms with E-state index in [1.165, 1.54) is 32.9 Å². The summed E-state index contributed by atoms with van der Waals surface area (Å²) in [5.41, 5.74) is 5.87. The van der Waals surface area contributed by atoms with Crippen molar-refractivity contribution < 1.29 is 16.8 Å². The Bertz CT molecular complexity index is 780. The Kier molecular flexibility index (Phi) is 7.85. The second kappa shape index (κ2) is 8.79. The highest BCUT2D eigenvalue weighted by Gasteiger charge is 2.30. The van der Waals surface area contributed by atoms with Gasteiger partial charge in [0.1, 0.15) is 0 Å². The minimum Gasteiger partial charge on any atom is -0.327 e. The standard InChI is InChI=1S/C15H25N3O4S2.ClH/c1-3-17(4-2)23(19,20)14-8-5-9-15(11-14)24(21,22)18-10-6-7-13(16)12-18;/h5,8-9,11,13H,3-4,6-7,10,12,16H2,1-2H3;1H/t13-;/m1./s1. The van der Waals surface area contributed by atoms with Crippen molar-refractivity contribution >= 4 is 32.5 Å². The lowest BCUT2D eigenvalue weighted by Gasteiger charge is -2.30. The molecule has 1 aliphatic rings. The van der Waals surface area contributed by atoms with E-state index in [2.05, 4.69) is 0 Å². The van der Waals surface area contributed by atoms with Crippen molar-refractivity contribution in [3.05, 3.63) is 24.3 Å². The summed E-state index contributed by atoms with van der Waals surface area (Å²) in [5.74, 6) is 0. The van der Waals surface area contributed by atoms with Crippen LogP contribution in [0.5, 0.6) is 0 Å². The van der Waals surface area contributed by atoms with E-state index in [0.29, 0.717) is 26.1 Å². The summed E-state index contributed by atoms with van der Waals surface area (Å²) in [7, 11) is -7.45. The molecule has 10 heteroatoms. The van der Waals surface area contributed by atoms with E-state index in [0.717, 1.165) is 6.42 Å². The van der Waals surface area contributed by atoms with Crippen LogP contribution in [-0.4, -0.2) is 57.7 Å². The van der Waals surface area contributed by atoms with Gasteiger partial charge in [-0.05, 0) is 31.0 Å². The lowest BCUT2D eigenvalue weighted by atomic mass is 10.1. The van der Waals surface area contributed by atoms with Crippen LogP contribution >= 0.6 is 12.4 Å². The topological polar surface area (TPSA) is 101 Å². The molecule has 1 heterocycles. The fourth-order valence-corrected chi connectivity index (χ4v) is 6.01. The predicted molar refractivity (Wildman–Crippen MR) is 99.8 cm³/mol. The average molecular weight is 412 g/mol. The zero-order valence-electron chi connectivity index (χ0n) is 14.5. The van der Waals surface area contributed by atoms with Crippen molar-refractivity contribution in [2.75, 3.05) is 26.2 Å². The maximum atomic E-state index is 12.8. The molecule has 0 aromatic heterocycles. The maximum Gasteiger partial charge on any atom is 0.243 e. The SMILES string of the molecule is CCN(CC)S(=O)(=O)c1cccc(S(=O)(=O)N2CCC[C@@H](N)C2)c1.Cl. The highest BCUT2D eigenvalue weighted by atomic mass is 35.5. The number of hydrogen-bond acceptors (Lipinski definition) is 5. The summed E-state index contributed by atoms with van der Waals surface area (Å²) in [6.07, 6.45) is 1.50. The van der Waals surface area contributed by atoms with Gasteiger partial charge in [-0.25, -0.2) is 16.8 Å². The minimum absolute atomic E-state index is 0. The number of rotatable bonds is 6. The van der Waals surface area contributed by atoms with E-state index in [1.54, 1.807) is 13.8 Å². The molecule has 1 atom stereocenters. The van der Waals surface area contributed by atoms with E-state index in [1.807, 2.05) is 0 Å². The van der Waals surface area contributed by atoms with Crippen molar-refractivity contribution in [3.63, 3.8) is 0 Å². The summed E-state index contributed by atoms with van der Waals surface area (Å²) in [6, 6.07) is 5.37. The van der Waals surface area contributed by atoms with Gasteiger partial charge in [0, 0.05) is 32.2 Å². The molecule has 0 amide bonds. The van der Waals surface area contributed by atoms with Crippen LogP contribution in [-0.2, 0) is 20.0 Å². The Hall–Kier alpha value is -0.710. The quantitative estimate of drug-likeness (QED) is 0.759. The summed E-state index contributed by atoms with van der Waals surface area (Å²) >= 11 is 0. The third-order valence-corrected chi connectivity index (χ3v) is 8.11. The van der Waals surface area contributed by atoms with Gasteiger partial charge in [-0.15, -0.1) is 12.4 Å². The van der Waals surface area contributed by atoms with Crippen LogP contribution in [0.1, 0.15) is 26.7 Å². The summed E-state index contributed by atoms with van der Waals surface area (Å²) in [6.45, 7) is 4.82. The molecule has 0 radical (unpaired) electrons. The second-order valence-corrected chi connectivity index (χ2v) is 9.71. The molecule has 1 saturated heterocycles.